The number of phosphoric ester groups is 1. The molecule has 406 valence electrons. The summed E-state index contributed by atoms with van der Waals surface area (Å²) in [6.07, 6.45) is 76.8. The number of hydrogen-bond donors (Lipinski definition) is 1. The summed E-state index contributed by atoms with van der Waals surface area (Å²) in [6.45, 7) is 5.36. The lowest BCUT2D eigenvalue weighted by Gasteiger charge is -2.24. The molecule has 2 unspecified atom stereocenters. The van der Waals surface area contributed by atoms with Crippen molar-refractivity contribution in [1.29, 1.82) is 0 Å². The number of carbonyl (C=O) groups is 1. The largest absolute Gasteiger partial charge is 0.472 e. The molecule has 0 saturated heterocycles. The first-order valence-corrected chi connectivity index (χ1v) is 29.8. The number of ether oxygens (including phenoxy) is 2. The number of unbranched alkanes of at least 4 members (excludes halogenated alkanes) is 17. The summed E-state index contributed by atoms with van der Waals surface area (Å²) < 4.78 is 35.2. The highest BCUT2D eigenvalue weighted by Crippen LogP contribution is 2.43. The number of esters is 1. The van der Waals surface area contributed by atoms with Crippen LogP contribution in [0.5, 0.6) is 0 Å². The summed E-state index contributed by atoms with van der Waals surface area (Å²) in [6, 6.07) is 0. The minimum atomic E-state index is -4.30. The fourth-order valence-electron chi connectivity index (χ4n) is 7.25. The fourth-order valence-corrected chi connectivity index (χ4v) is 8.00. The van der Waals surface area contributed by atoms with E-state index in [0.717, 1.165) is 109 Å². The first-order chi connectivity index (χ1) is 34.6. The van der Waals surface area contributed by atoms with Crippen molar-refractivity contribution in [3.8, 4) is 0 Å². The van der Waals surface area contributed by atoms with Crippen molar-refractivity contribution in [2.45, 2.75) is 213 Å². The molecule has 0 aromatic rings. The Morgan fingerprint density at radius 1 is 0.437 bits per heavy atom. The van der Waals surface area contributed by atoms with Gasteiger partial charge in [0.1, 0.15) is 19.3 Å². The van der Waals surface area contributed by atoms with Crippen LogP contribution in [0, 0.1) is 0 Å². The summed E-state index contributed by atoms with van der Waals surface area (Å²) in [4.78, 5) is 23.1. The molecule has 9 heteroatoms. The molecule has 0 aromatic carbocycles. The van der Waals surface area contributed by atoms with E-state index in [1.54, 1.807) is 0 Å². The number of phosphoric acid groups is 1. The van der Waals surface area contributed by atoms with Gasteiger partial charge in [-0.05, 0) is 103 Å². The third-order valence-electron chi connectivity index (χ3n) is 11.5. The van der Waals surface area contributed by atoms with Gasteiger partial charge in [0.05, 0.1) is 34.4 Å². The van der Waals surface area contributed by atoms with Gasteiger partial charge < -0.3 is 18.9 Å². The minimum absolute atomic E-state index is 0.0779. The van der Waals surface area contributed by atoms with Crippen LogP contribution in [-0.2, 0) is 27.9 Å². The van der Waals surface area contributed by atoms with Crippen molar-refractivity contribution < 1.29 is 37.3 Å². The second-order valence-electron chi connectivity index (χ2n) is 19.6. The number of allylic oxidation sites excluding steroid dienone is 20. The molecular weight excluding hydrogens is 902 g/mol. The van der Waals surface area contributed by atoms with E-state index < -0.39 is 13.9 Å². The monoisotopic (exact) mass is 1010 g/mol. The van der Waals surface area contributed by atoms with E-state index >= 15 is 0 Å². The van der Waals surface area contributed by atoms with Crippen molar-refractivity contribution in [2.24, 2.45) is 0 Å². The van der Waals surface area contributed by atoms with Crippen LogP contribution >= 0.6 is 7.82 Å². The zero-order valence-corrected chi connectivity index (χ0v) is 47.1. The Labute approximate surface area is 437 Å². The van der Waals surface area contributed by atoms with Gasteiger partial charge in [0.2, 0.25) is 0 Å². The standard InChI is InChI=1S/C62H106NO7P/c1-6-8-10-12-14-16-18-20-22-24-26-28-30-32-33-35-37-39-41-43-45-47-49-51-53-55-62(64)70-61(60-69-71(65,66)68-58-56-63(3,4)5)59-67-57-54-52-50-48-46-44-42-40-38-36-34-31-29-27-25-23-21-19-17-15-13-11-9-7-2/h8-11,14-17,20-23,26-29,32-33,37,39,61H,6-7,12-13,18-19,24-25,30-31,34-36,38,40-60H2,1-5H3/p+1/b10-8-,11-9-,16-14-,17-15-,22-20-,23-21-,28-26-,29-27-,33-32-,39-37-. The van der Waals surface area contributed by atoms with Crippen LogP contribution in [0.3, 0.4) is 0 Å². The maximum atomic E-state index is 12.8. The van der Waals surface area contributed by atoms with Crippen LogP contribution in [0.1, 0.15) is 206 Å². The summed E-state index contributed by atoms with van der Waals surface area (Å²) in [7, 11) is 1.64. The Kier molecular flexibility index (Phi) is 50.9. The molecule has 0 rings (SSSR count). The topological polar surface area (TPSA) is 91.3 Å². The van der Waals surface area contributed by atoms with Crippen molar-refractivity contribution in [2.75, 3.05) is 54.1 Å². The highest BCUT2D eigenvalue weighted by atomic mass is 31.2. The highest BCUT2D eigenvalue weighted by Gasteiger charge is 2.26. The number of nitrogens with zero attached hydrogens (tertiary/aromatic N) is 1. The molecular formula is C62H107NO7P+. The molecule has 71 heavy (non-hydrogen) atoms. The second-order valence-corrected chi connectivity index (χ2v) is 21.0. The lowest BCUT2D eigenvalue weighted by Crippen LogP contribution is -2.37. The predicted molar refractivity (Wildman–Crippen MR) is 307 cm³/mol. The molecule has 0 amide bonds. The first-order valence-electron chi connectivity index (χ1n) is 28.3. The lowest BCUT2D eigenvalue weighted by molar-refractivity contribution is -0.870. The van der Waals surface area contributed by atoms with E-state index in [-0.39, 0.29) is 25.8 Å². The lowest BCUT2D eigenvalue weighted by atomic mass is 10.1. The molecule has 8 nitrogen and oxygen atoms in total. The maximum Gasteiger partial charge on any atom is 0.472 e. The van der Waals surface area contributed by atoms with Crippen LogP contribution in [-0.4, -0.2) is 75.6 Å². The van der Waals surface area contributed by atoms with Crippen LogP contribution in [0.4, 0.5) is 0 Å². The Balaban J connectivity index is 4.17. The summed E-state index contributed by atoms with van der Waals surface area (Å²) >= 11 is 0. The van der Waals surface area contributed by atoms with Crippen molar-refractivity contribution in [3.05, 3.63) is 122 Å². The molecule has 0 heterocycles. The number of rotatable bonds is 51. The van der Waals surface area contributed by atoms with E-state index in [0.29, 0.717) is 24.1 Å². The number of likely N-dealkylation sites (N-methyl/N-ethyl adjacent to an activating group) is 1. The molecule has 0 aliphatic carbocycles. The normalized spacial score (nSPS) is 14.4. The van der Waals surface area contributed by atoms with Crippen molar-refractivity contribution in [3.63, 3.8) is 0 Å². The summed E-state index contributed by atoms with van der Waals surface area (Å²) in [5.41, 5.74) is 0. The summed E-state index contributed by atoms with van der Waals surface area (Å²) in [5.74, 6) is -0.333. The second kappa shape index (κ2) is 53.2. The van der Waals surface area contributed by atoms with Crippen molar-refractivity contribution in [1.82, 2.24) is 0 Å². The summed E-state index contributed by atoms with van der Waals surface area (Å²) in [5, 5.41) is 0. The van der Waals surface area contributed by atoms with Crippen LogP contribution in [0.25, 0.3) is 0 Å². The molecule has 0 aliphatic rings. The zero-order chi connectivity index (χ0) is 51.9. The molecule has 0 bridgehead atoms. The number of quaternary nitrogens is 1. The maximum absolute atomic E-state index is 12.8. The van der Waals surface area contributed by atoms with Gasteiger partial charge >= 0.3 is 13.8 Å². The van der Waals surface area contributed by atoms with E-state index in [1.165, 1.54) is 77.0 Å². The molecule has 0 saturated carbocycles. The smallest absolute Gasteiger partial charge is 0.457 e. The Hall–Kier alpha value is -3.10. The van der Waals surface area contributed by atoms with Crippen LogP contribution in [0.2, 0.25) is 0 Å². The third-order valence-corrected chi connectivity index (χ3v) is 12.5. The quantitative estimate of drug-likeness (QED) is 0.0213. The average molecular weight is 1010 g/mol. The number of hydrogen-bond acceptors (Lipinski definition) is 6. The Morgan fingerprint density at radius 2 is 0.775 bits per heavy atom. The van der Waals surface area contributed by atoms with Gasteiger partial charge in [0.15, 0.2) is 0 Å². The van der Waals surface area contributed by atoms with E-state index in [9.17, 15) is 14.3 Å². The fraction of sp³-hybridized carbons (Fsp3) is 0.661. The van der Waals surface area contributed by atoms with Gasteiger partial charge in [-0.1, -0.05) is 219 Å². The molecule has 0 fully saturated rings. The van der Waals surface area contributed by atoms with Gasteiger partial charge in [-0.2, -0.15) is 0 Å². The van der Waals surface area contributed by atoms with Gasteiger partial charge in [-0.15, -0.1) is 0 Å². The average Bonchev–Trinajstić information content (AvgIpc) is 3.33. The van der Waals surface area contributed by atoms with E-state index in [1.807, 2.05) is 21.1 Å². The van der Waals surface area contributed by atoms with Crippen LogP contribution in [0.15, 0.2) is 122 Å². The zero-order valence-electron chi connectivity index (χ0n) is 46.2. The molecule has 0 spiro atoms. The van der Waals surface area contributed by atoms with Gasteiger partial charge in [0, 0.05) is 13.0 Å². The van der Waals surface area contributed by atoms with Gasteiger partial charge in [-0.25, -0.2) is 4.57 Å². The molecule has 0 aliphatic heterocycles. The first kappa shape index (κ1) is 67.9. The number of carbonyl (C=O) groups excluding carboxylic acids is 1. The highest BCUT2D eigenvalue weighted by molar-refractivity contribution is 7.47. The molecule has 0 aromatic heterocycles. The van der Waals surface area contributed by atoms with E-state index in [2.05, 4.69) is 135 Å². The SMILES string of the molecule is CC/C=C\C/C=C\C/C=C\C/C=C\C/C=C\C/C=C\CCCCCCCCC(=O)OC(COCCCCCCCCCCCCC/C=C\C/C=C\C/C=C\C/C=C\CC)COP(=O)(O)OCC[N+](C)(C)C. The molecule has 1 N–H and O–H groups in total. The Bertz CT molecular complexity index is 1550. The molecule has 2 atom stereocenters. The third kappa shape index (κ3) is 57.7. The minimum Gasteiger partial charge on any atom is -0.457 e. The van der Waals surface area contributed by atoms with Gasteiger partial charge in [-0.3, -0.25) is 13.8 Å². The van der Waals surface area contributed by atoms with E-state index in [4.69, 9.17) is 18.5 Å². The predicted octanol–water partition coefficient (Wildman–Crippen LogP) is 18.1. The Morgan fingerprint density at radius 3 is 1.15 bits per heavy atom. The van der Waals surface area contributed by atoms with Crippen molar-refractivity contribution >= 4 is 13.8 Å². The molecule has 0 radical (unpaired) electrons. The van der Waals surface area contributed by atoms with Gasteiger partial charge in [0.25, 0.3) is 0 Å². The van der Waals surface area contributed by atoms with Crippen LogP contribution < -0.4 is 0 Å².